The number of alkyl halides is 3. The van der Waals surface area contributed by atoms with Gasteiger partial charge in [0.25, 0.3) is 0 Å². The highest BCUT2D eigenvalue weighted by molar-refractivity contribution is 5.86. The molecule has 1 aromatic rings. The van der Waals surface area contributed by atoms with Crippen molar-refractivity contribution in [3.05, 3.63) is 36.4 Å². The van der Waals surface area contributed by atoms with E-state index in [1.807, 2.05) is 0 Å². The van der Waals surface area contributed by atoms with E-state index in [-0.39, 0.29) is 17.9 Å². The monoisotopic (exact) mass is 378 g/mol. The van der Waals surface area contributed by atoms with E-state index < -0.39 is 43.4 Å². The van der Waals surface area contributed by atoms with Crippen LogP contribution in [0.5, 0.6) is 11.5 Å². The molecule has 26 heavy (non-hydrogen) atoms. The SMILES string of the molecule is C=C(C)C(=O)OCC(O)COC(=O)COc1ccc(OC(F)(F)F)cc1. The number of aliphatic hydroxyl groups is 1. The summed E-state index contributed by atoms with van der Waals surface area (Å²) in [6.45, 7) is 3.47. The van der Waals surface area contributed by atoms with Crippen molar-refractivity contribution in [2.24, 2.45) is 0 Å². The average Bonchev–Trinajstić information content (AvgIpc) is 2.55. The van der Waals surface area contributed by atoms with Crippen molar-refractivity contribution in [2.45, 2.75) is 19.4 Å². The van der Waals surface area contributed by atoms with Gasteiger partial charge in [-0.3, -0.25) is 0 Å². The fourth-order valence-electron chi connectivity index (χ4n) is 1.45. The van der Waals surface area contributed by atoms with E-state index in [4.69, 9.17) is 9.47 Å². The Morgan fingerprint density at radius 1 is 1.12 bits per heavy atom. The van der Waals surface area contributed by atoms with Gasteiger partial charge in [-0.05, 0) is 31.2 Å². The van der Waals surface area contributed by atoms with E-state index in [9.17, 15) is 27.9 Å². The summed E-state index contributed by atoms with van der Waals surface area (Å²) in [5.74, 6) is -1.82. The maximum Gasteiger partial charge on any atom is 0.573 e. The first kappa shape index (κ1) is 21.3. The van der Waals surface area contributed by atoms with Crippen molar-refractivity contribution < 1.29 is 46.8 Å². The Kier molecular flexibility index (Phi) is 7.91. The van der Waals surface area contributed by atoms with Crippen molar-refractivity contribution in [2.75, 3.05) is 19.8 Å². The molecule has 1 rings (SSSR count). The zero-order valence-electron chi connectivity index (χ0n) is 13.7. The zero-order valence-corrected chi connectivity index (χ0v) is 13.7. The second-order valence-electron chi connectivity index (χ2n) is 5.02. The summed E-state index contributed by atoms with van der Waals surface area (Å²) in [6.07, 6.45) is -6.02. The van der Waals surface area contributed by atoms with Crippen molar-refractivity contribution >= 4 is 11.9 Å². The molecule has 0 aromatic heterocycles. The number of hydrogen-bond acceptors (Lipinski definition) is 7. The summed E-state index contributed by atoms with van der Waals surface area (Å²) in [4.78, 5) is 22.6. The molecular weight excluding hydrogens is 361 g/mol. The molecule has 0 radical (unpaired) electrons. The molecule has 1 aromatic carbocycles. The predicted molar refractivity (Wildman–Crippen MR) is 81.4 cm³/mol. The van der Waals surface area contributed by atoms with Crippen LogP contribution in [0.2, 0.25) is 0 Å². The Labute approximate surface area is 146 Å². The number of benzene rings is 1. The van der Waals surface area contributed by atoms with Gasteiger partial charge in [-0.1, -0.05) is 6.58 Å². The lowest BCUT2D eigenvalue weighted by Gasteiger charge is -2.12. The van der Waals surface area contributed by atoms with Gasteiger partial charge in [0.2, 0.25) is 0 Å². The number of carbonyl (C=O) groups is 2. The van der Waals surface area contributed by atoms with E-state index in [1.54, 1.807) is 0 Å². The van der Waals surface area contributed by atoms with Gasteiger partial charge < -0.3 is 24.1 Å². The number of esters is 2. The molecule has 0 fully saturated rings. The number of halogens is 3. The summed E-state index contributed by atoms with van der Waals surface area (Å²) in [5, 5.41) is 9.51. The van der Waals surface area contributed by atoms with Crippen LogP contribution in [0.3, 0.4) is 0 Å². The molecule has 10 heteroatoms. The van der Waals surface area contributed by atoms with Gasteiger partial charge in [-0.25, -0.2) is 9.59 Å². The fourth-order valence-corrected chi connectivity index (χ4v) is 1.45. The van der Waals surface area contributed by atoms with E-state index in [2.05, 4.69) is 16.1 Å². The first-order chi connectivity index (χ1) is 12.1. The van der Waals surface area contributed by atoms with Crippen molar-refractivity contribution in [1.82, 2.24) is 0 Å². The van der Waals surface area contributed by atoms with Crippen LogP contribution in [0.4, 0.5) is 13.2 Å². The highest BCUT2D eigenvalue weighted by Crippen LogP contribution is 2.24. The zero-order chi connectivity index (χ0) is 19.7. The van der Waals surface area contributed by atoms with Crippen molar-refractivity contribution in [3.63, 3.8) is 0 Å². The third-order valence-electron chi connectivity index (χ3n) is 2.61. The van der Waals surface area contributed by atoms with E-state index >= 15 is 0 Å². The number of rotatable bonds is 9. The van der Waals surface area contributed by atoms with Gasteiger partial charge in [0, 0.05) is 5.57 Å². The van der Waals surface area contributed by atoms with Crippen LogP contribution in [0.15, 0.2) is 36.4 Å². The molecule has 0 saturated carbocycles. The lowest BCUT2D eigenvalue weighted by Crippen LogP contribution is -2.27. The average molecular weight is 378 g/mol. The molecule has 1 atom stereocenters. The smallest absolute Gasteiger partial charge is 0.482 e. The summed E-state index contributed by atoms with van der Waals surface area (Å²) in [5.41, 5.74) is 0.161. The number of carbonyl (C=O) groups excluding carboxylic acids is 2. The number of hydrogen-bond donors (Lipinski definition) is 1. The minimum absolute atomic E-state index is 0.118. The molecule has 0 aliphatic heterocycles. The van der Waals surface area contributed by atoms with E-state index in [0.717, 1.165) is 12.1 Å². The van der Waals surface area contributed by atoms with E-state index in [0.29, 0.717) is 0 Å². The van der Waals surface area contributed by atoms with Gasteiger partial charge >= 0.3 is 18.3 Å². The standard InChI is InChI=1S/C16H17F3O7/c1-10(2)15(22)25-8-11(20)7-24-14(21)9-23-12-3-5-13(6-4-12)26-16(17,18)19/h3-6,11,20H,1,7-9H2,2H3. The van der Waals surface area contributed by atoms with Crippen LogP contribution in [-0.2, 0) is 19.1 Å². The molecule has 7 nitrogen and oxygen atoms in total. The Morgan fingerprint density at radius 2 is 1.65 bits per heavy atom. The summed E-state index contributed by atoms with van der Waals surface area (Å²) < 4.78 is 54.1. The summed E-state index contributed by atoms with van der Waals surface area (Å²) >= 11 is 0. The summed E-state index contributed by atoms with van der Waals surface area (Å²) in [6, 6.07) is 4.41. The minimum atomic E-state index is -4.80. The Morgan fingerprint density at radius 3 is 2.19 bits per heavy atom. The highest BCUT2D eigenvalue weighted by Gasteiger charge is 2.31. The topological polar surface area (TPSA) is 91.3 Å². The van der Waals surface area contributed by atoms with Gasteiger partial charge in [0.15, 0.2) is 6.61 Å². The number of aliphatic hydroxyl groups excluding tert-OH is 1. The molecule has 0 bridgehead atoms. The maximum absolute atomic E-state index is 12.0. The van der Waals surface area contributed by atoms with Crippen LogP contribution in [0.1, 0.15) is 6.92 Å². The van der Waals surface area contributed by atoms with Crippen LogP contribution in [-0.4, -0.2) is 49.3 Å². The van der Waals surface area contributed by atoms with Gasteiger partial charge in [-0.15, -0.1) is 13.2 Å². The molecule has 0 aliphatic rings. The maximum atomic E-state index is 12.0. The van der Waals surface area contributed by atoms with Crippen LogP contribution < -0.4 is 9.47 Å². The van der Waals surface area contributed by atoms with Crippen LogP contribution >= 0.6 is 0 Å². The largest absolute Gasteiger partial charge is 0.573 e. The molecule has 1 unspecified atom stereocenters. The molecule has 0 aliphatic carbocycles. The molecule has 144 valence electrons. The third kappa shape index (κ3) is 8.92. The molecule has 0 amide bonds. The van der Waals surface area contributed by atoms with E-state index in [1.165, 1.54) is 19.1 Å². The quantitative estimate of drug-likeness (QED) is 0.519. The molecule has 1 N–H and O–H groups in total. The second-order valence-corrected chi connectivity index (χ2v) is 5.02. The van der Waals surface area contributed by atoms with Gasteiger partial charge in [-0.2, -0.15) is 0 Å². The highest BCUT2D eigenvalue weighted by atomic mass is 19.4. The van der Waals surface area contributed by atoms with Crippen LogP contribution in [0, 0.1) is 0 Å². The normalized spacial score (nSPS) is 12.0. The molecule has 0 heterocycles. The fraction of sp³-hybridized carbons (Fsp3) is 0.375. The first-order valence-corrected chi connectivity index (χ1v) is 7.22. The lowest BCUT2D eigenvalue weighted by atomic mass is 10.3. The minimum Gasteiger partial charge on any atom is -0.482 e. The Bertz CT molecular complexity index is 626. The first-order valence-electron chi connectivity index (χ1n) is 7.22. The van der Waals surface area contributed by atoms with Gasteiger partial charge in [0.05, 0.1) is 0 Å². The number of ether oxygens (including phenoxy) is 4. The van der Waals surface area contributed by atoms with Crippen LogP contribution in [0.25, 0.3) is 0 Å². The van der Waals surface area contributed by atoms with Crippen molar-refractivity contribution in [3.8, 4) is 11.5 Å². The molecule has 0 spiro atoms. The third-order valence-corrected chi connectivity index (χ3v) is 2.61. The molecule has 0 saturated heterocycles. The van der Waals surface area contributed by atoms with Crippen molar-refractivity contribution in [1.29, 1.82) is 0 Å². The predicted octanol–water partition coefficient (Wildman–Crippen LogP) is 1.99. The van der Waals surface area contributed by atoms with Gasteiger partial charge in [0.1, 0.15) is 30.8 Å². The lowest BCUT2D eigenvalue weighted by molar-refractivity contribution is -0.274. The Balaban J connectivity index is 2.29. The molecular formula is C16H17F3O7. The Hall–Kier alpha value is -2.75. The second kappa shape index (κ2) is 9.66. The summed E-state index contributed by atoms with van der Waals surface area (Å²) in [7, 11) is 0.